The third-order valence-electron chi connectivity index (χ3n) is 1.95. The topological polar surface area (TPSA) is 62.2 Å². The lowest BCUT2D eigenvalue weighted by molar-refractivity contribution is -0.132. The quantitative estimate of drug-likeness (QED) is 0.491. The van der Waals surface area contributed by atoms with Crippen molar-refractivity contribution in [3.63, 3.8) is 0 Å². The second kappa shape index (κ2) is 4.64. The number of rotatable bonds is 2. The van der Waals surface area contributed by atoms with E-state index < -0.39 is 5.97 Å². The Labute approximate surface area is 77.5 Å². The van der Waals surface area contributed by atoms with Crippen LogP contribution in [0.2, 0.25) is 0 Å². The van der Waals surface area contributed by atoms with Gasteiger partial charge in [-0.3, -0.25) is 5.41 Å². The van der Waals surface area contributed by atoms with Gasteiger partial charge in [0.15, 0.2) is 0 Å². The van der Waals surface area contributed by atoms with Crippen LogP contribution in [-0.2, 0) is 9.53 Å². The van der Waals surface area contributed by atoms with Crippen molar-refractivity contribution < 1.29 is 9.53 Å². The molecule has 1 rings (SSSR count). The first-order chi connectivity index (χ1) is 6.24. The molecule has 0 saturated carbocycles. The van der Waals surface area contributed by atoms with Crippen LogP contribution in [0, 0.1) is 5.41 Å². The molecule has 2 N–H and O–H groups in total. The fourth-order valence-electron chi connectivity index (χ4n) is 1.24. The number of hydrogen-bond acceptors (Lipinski definition) is 4. The monoisotopic (exact) mass is 182 g/mol. The van der Waals surface area contributed by atoms with E-state index in [1.165, 1.54) is 7.11 Å². The fourth-order valence-corrected chi connectivity index (χ4v) is 1.24. The van der Waals surface area contributed by atoms with Gasteiger partial charge in [-0.2, -0.15) is 0 Å². The first kappa shape index (κ1) is 9.77. The van der Waals surface area contributed by atoms with Crippen molar-refractivity contribution in [1.29, 1.82) is 5.41 Å². The average molecular weight is 182 g/mol. The van der Waals surface area contributed by atoms with Crippen molar-refractivity contribution >= 4 is 11.7 Å². The highest BCUT2D eigenvalue weighted by molar-refractivity contribution is 6.39. The number of ether oxygens (including phenoxy) is 1. The zero-order valence-corrected chi connectivity index (χ0v) is 7.72. The van der Waals surface area contributed by atoms with Crippen molar-refractivity contribution in [3.8, 4) is 0 Å². The van der Waals surface area contributed by atoms with Crippen LogP contribution in [0.15, 0.2) is 11.8 Å². The summed E-state index contributed by atoms with van der Waals surface area (Å²) >= 11 is 0. The second-order valence-corrected chi connectivity index (χ2v) is 2.96. The average Bonchev–Trinajstić information content (AvgIpc) is 2.18. The molecule has 4 heteroatoms. The molecule has 1 aliphatic heterocycles. The largest absolute Gasteiger partial charge is 0.464 e. The number of nitrogens with one attached hydrogen (secondary N) is 2. The summed E-state index contributed by atoms with van der Waals surface area (Å²) in [6, 6.07) is 0. The molecule has 0 radical (unpaired) electrons. The van der Waals surface area contributed by atoms with E-state index in [1.54, 1.807) is 6.08 Å². The Morgan fingerprint density at radius 1 is 1.62 bits per heavy atom. The SMILES string of the molecule is COC(=O)C(=N)/C=C1/CCCCN1. The minimum atomic E-state index is -0.583. The first-order valence-corrected chi connectivity index (χ1v) is 4.35. The summed E-state index contributed by atoms with van der Waals surface area (Å²) in [7, 11) is 1.28. The van der Waals surface area contributed by atoms with Crippen LogP contribution in [0.4, 0.5) is 0 Å². The number of esters is 1. The summed E-state index contributed by atoms with van der Waals surface area (Å²) in [5.41, 5.74) is 0.869. The summed E-state index contributed by atoms with van der Waals surface area (Å²) in [4.78, 5) is 10.9. The lowest BCUT2D eigenvalue weighted by atomic mass is 10.1. The lowest BCUT2D eigenvalue weighted by Gasteiger charge is -2.16. The molecule has 0 aromatic rings. The Kier molecular flexibility index (Phi) is 3.49. The maximum atomic E-state index is 10.9. The van der Waals surface area contributed by atoms with Crippen LogP contribution in [0.1, 0.15) is 19.3 Å². The predicted molar refractivity (Wildman–Crippen MR) is 49.7 cm³/mol. The zero-order chi connectivity index (χ0) is 9.68. The van der Waals surface area contributed by atoms with Crippen LogP contribution < -0.4 is 5.32 Å². The fraction of sp³-hybridized carbons (Fsp3) is 0.556. The van der Waals surface area contributed by atoms with Crippen molar-refractivity contribution in [3.05, 3.63) is 11.8 Å². The summed E-state index contributed by atoms with van der Waals surface area (Å²) in [6.45, 7) is 0.931. The van der Waals surface area contributed by atoms with E-state index in [2.05, 4.69) is 10.1 Å². The third-order valence-corrected chi connectivity index (χ3v) is 1.95. The van der Waals surface area contributed by atoms with Crippen LogP contribution in [0.5, 0.6) is 0 Å². The molecule has 72 valence electrons. The number of methoxy groups -OCH3 is 1. The van der Waals surface area contributed by atoms with Crippen LogP contribution in [0.3, 0.4) is 0 Å². The molecule has 13 heavy (non-hydrogen) atoms. The number of hydrogen-bond donors (Lipinski definition) is 2. The molecule has 0 spiro atoms. The van der Waals surface area contributed by atoms with E-state index in [0.29, 0.717) is 0 Å². The highest BCUT2D eigenvalue weighted by atomic mass is 16.5. The van der Waals surface area contributed by atoms with Gasteiger partial charge in [0, 0.05) is 12.2 Å². The molecular formula is C9H14N2O2. The predicted octanol–water partition coefficient (Wildman–Crippen LogP) is 0.837. The van der Waals surface area contributed by atoms with Crippen molar-refractivity contribution in [2.75, 3.05) is 13.7 Å². The molecule has 0 atom stereocenters. The summed E-state index contributed by atoms with van der Waals surface area (Å²) in [5.74, 6) is -0.583. The number of piperidine rings is 1. The molecule has 0 unspecified atom stereocenters. The molecule has 4 nitrogen and oxygen atoms in total. The van der Waals surface area contributed by atoms with Gasteiger partial charge >= 0.3 is 5.97 Å². The molecule has 0 aromatic carbocycles. The molecule has 1 saturated heterocycles. The second-order valence-electron chi connectivity index (χ2n) is 2.96. The van der Waals surface area contributed by atoms with Crippen molar-refractivity contribution in [1.82, 2.24) is 5.32 Å². The highest BCUT2D eigenvalue weighted by Crippen LogP contribution is 2.09. The van der Waals surface area contributed by atoms with Crippen LogP contribution in [-0.4, -0.2) is 25.3 Å². The normalized spacial score (nSPS) is 19.3. The van der Waals surface area contributed by atoms with Gasteiger partial charge in [-0.15, -0.1) is 0 Å². The lowest BCUT2D eigenvalue weighted by Crippen LogP contribution is -2.22. The van der Waals surface area contributed by atoms with Gasteiger partial charge < -0.3 is 10.1 Å². The Morgan fingerprint density at radius 3 is 2.92 bits per heavy atom. The summed E-state index contributed by atoms with van der Waals surface area (Å²) < 4.78 is 4.42. The minimum absolute atomic E-state index is 0.0908. The van der Waals surface area contributed by atoms with E-state index >= 15 is 0 Å². The minimum Gasteiger partial charge on any atom is -0.464 e. The molecular weight excluding hydrogens is 168 g/mol. The summed E-state index contributed by atoms with van der Waals surface area (Å²) in [5, 5.41) is 10.5. The maximum absolute atomic E-state index is 10.9. The molecule has 0 aromatic heterocycles. The summed E-state index contributed by atoms with van der Waals surface area (Å²) in [6.07, 6.45) is 4.74. The van der Waals surface area contributed by atoms with Gasteiger partial charge in [-0.05, 0) is 25.3 Å². The van der Waals surface area contributed by atoms with Crippen LogP contribution >= 0.6 is 0 Å². The standard InChI is InChI=1S/C9H14N2O2/c1-13-9(12)8(10)6-7-4-2-3-5-11-7/h6,10-11H,2-5H2,1H3/b7-6-,10-8?. The molecule has 1 fully saturated rings. The van der Waals surface area contributed by atoms with E-state index in [0.717, 1.165) is 31.5 Å². The Bertz CT molecular complexity index is 238. The molecule has 0 bridgehead atoms. The zero-order valence-electron chi connectivity index (χ0n) is 7.72. The van der Waals surface area contributed by atoms with E-state index in [-0.39, 0.29) is 5.71 Å². The molecule has 1 aliphatic rings. The van der Waals surface area contributed by atoms with Gasteiger partial charge in [0.1, 0.15) is 5.71 Å². The number of carbonyl (C=O) groups is 1. The Hall–Kier alpha value is -1.32. The van der Waals surface area contributed by atoms with Gasteiger partial charge in [0.05, 0.1) is 7.11 Å². The van der Waals surface area contributed by atoms with E-state index in [4.69, 9.17) is 5.41 Å². The third kappa shape index (κ3) is 2.89. The molecule has 1 heterocycles. The number of carbonyl (C=O) groups excluding carboxylic acids is 1. The Morgan fingerprint density at radius 2 is 2.38 bits per heavy atom. The number of allylic oxidation sites excluding steroid dienone is 1. The first-order valence-electron chi connectivity index (χ1n) is 4.35. The Balaban J connectivity index is 2.53. The highest BCUT2D eigenvalue weighted by Gasteiger charge is 2.09. The molecule has 0 aliphatic carbocycles. The smallest absolute Gasteiger partial charge is 0.355 e. The van der Waals surface area contributed by atoms with E-state index in [9.17, 15) is 4.79 Å². The van der Waals surface area contributed by atoms with Crippen molar-refractivity contribution in [2.24, 2.45) is 0 Å². The maximum Gasteiger partial charge on any atom is 0.355 e. The van der Waals surface area contributed by atoms with Crippen molar-refractivity contribution in [2.45, 2.75) is 19.3 Å². The van der Waals surface area contributed by atoms with Gasteiger partial charge in [0.25, 0.3) is 0 Å². The molecule has 0 amide bonds. The van der Waals surface area contributed by atoms with E-state index in [1.807, 2.05) is 0 Å². The van der Waals surface area contributed by atoms with Gasteiger partial charge in [0.2, 0.25) is 0 Å². The van der Waals surface area contributed by atoms with Gasteiger partial charge in [-0.25, -0.2) is 4.79 Å². The van der Waals surface area contributed by atoms with Crippen LogP contribution in [0.25, 0.3) is 0 Å². The van der Waals surface area contributed by atoms with Gasteiger partial charge in [-0.1, -0.05) is 0 Å².